The van der Waals surface area contributed by atoms with Crippen molar-refractivity contribution in [2.24, 2.45) is 0 Å². The van der Waals surface area contributed by atoms with Gasteiger partial charge in [-0.05, 0) is 88.6 Å². The molecule has 0 spiro atoms. The summed E-state index contributed by atoms with van der Waals surface area (Å²) >= 11 is 0. The Bertz CT molecular complexity index is 916. The Morgan fingerprint density at radius 2 is 1.90 bits per heavy atom. The predicted octanol–water partition coefficient (Wildman–Crippen LogP) is 3.54. The van der Waals surface area contributed by atoms with Crippen molar-refractivity contribution >= 4 is 16.7 Å². The van der Waals surface area contributed by atoms with E-state index < -0.39 is 0 Å². The fourth-order valence-electron chi connectivity index (χ4n) is 4.52. The van der Waals surface area contributed by atoms with Crippen LogP contribution in [0.25, 0.3) is 10.9 Å². The highest BCUT2D eigenvalue weighted by Gasteiger charge is 2.22. The maximum Gasteiger partial charge on any atom is 0.135 e. The first-order valence-corrected chi connectivity index (χ1v) is 10.8. The van der Waals surface area contributed by atoms with Crippen LogP contribution in [0.3, 0.4) is 0 Å². The first-order valence-electron chi connectivity index (χ1n) is 10.8. The van der Waals surface area contributed by atoms with Gasteiger partial charge in [-0.15, -0.1) is 0 Å². The Hall–Kier alpha value is -2.29. The van der Waals surface area contributed by atoms with Crippen LogP contribution >= 0.6 is 0 Å². The van der Waals surface area contributed by atoms with Gasteiger partial charge in [0.05, 0.1) is 24.7 Å². The molecule has 3 heterocycles. The van der Waals surface area contributed by atoms with Crippen molar-refractivity contribution in [2.45, 2.75) is 31.6 Å². The fourth-order valence-corrected chi connectivity index (χ4v) is 4.52. The second-order valence-corrected chi connectivity index (χ2v) is 8.28. The summed E-state index contributed by atoms with van der Waals surface area (Å²) in [5, 5.41) is 4.44. The summed E-state index contributed by atoms with van der Waals surface area (Å²) in [4.78, 5) is 9.65. The number of benzene rings is 1. The SMILES string of the molecule is CNc1cc(C2CCN(C)CC2)c2cc(OC)c(C#CCN3CCCC3)cc2n1. The molecular formula is C24H32N4O. The van der Waals surface area contributed by atoms with Crippen LogP contribution in [0.1, 0.15) is 42.7 Å². The first kappa shape index (κ1) is 20.0. The number of hydrogen-bond acceptors (Lipinski definition) is 5. The minimum Gasteiger partial charge on any atom is -0.495 e. The van der Waals surface area contributed by atoms with Gasteiger partial charge in [0, 0.05) is 12.4 Å². The minimum absolute atomic E-state index is 0.556. The number of pyridine rings is 1. The van der Waals surface area contributed by atoms with Crippen LogP contribution in [0.5, 0.6) is 5.75 Å². The van der Waals surface area contributed by atoms with Gasteiger partial charge in [-0.1, -0.05) is 11.8 Å². The Morgan fingerprint density at radius 1 is 1.14 bits per heavy atom. The van der Waals surface area contributed by atoms with Gasteiger partial charge < -0.3 is 15.0 Å². The van der Waals surface area contributed by atoms with Crippen molar-refractivity contribution in [1.82, 2.24) is 14.8 Å². The lowest BCUT2D eigenvalue weighted by atomic mass is 9.87. The molecule has 5 nitrogen and oxygen atoms in total. The molecule has 2 aromatic rings. The quantitative estimate of drug-likeness (QED) is 0.806. The third kappa shape index (κ3) is 4.49. The van der Waals surface area contributed by atoms with E-state index in [1.165, 1.54) is 36.6 Å². The Balaban J connectivity index is 1.70. The van der Waals surface area contributed by atoms with Crippen molar-refractivity contribution in [3.8, 4) is 17.6 Å². The van der Waals surface area contributed by atoms with Gasteiger partial charge in [0.25, 0.3) is 0 Å². The first-order chi connectivity index (χ1) is 14.2. The molecule has 0 amide bonds. The van der Waals surface area contributed by atoms with E-state index in [9.17, 15) is 0 Å². The summed E-state index contributed by atoms with van der Waals surface area (Å²) in [7, 11) is 5.88. The highest BCUT2D eigenvalue weighted by atomic mass is 16.5. The molecular weight excluding hydrogens is 360 g/mol. The summed E-state index contributed by atoms with van der Waals surface area (Å²) in [5.41, 5.74) is 3.30. The number of anilines is 1. The van der Waals surface area contributed by atoms with Gasteiger partial charge in [0.15, 0.2) is 0 Å². The van der Waals surface area contributed by atoms with Crippen LogP contribution in [-0.2, 0) is 0 Å². The average molecular weight is 393 g/mol. The van der Waals surface area contributed by atoms with Crippen LogP contribution in [0.2, 0.25) is 0 Å². The van der Waals surface area contributed by atoms with E-state index in [1.807, 2.05) is 7.05 Å². The molecule has 0 saturated carbocycles. The molecule has 2 aliphatic heterocycles. The summed E-state index contributed by atoms with van der Waals surface area (Å²) in [6, 6.07) is 6.47. The number of piperidine rings is 1. The molecule has 5 heteroatoms. The van der Waals surface area contributed by atoms with E-state index in [-0.39, 0.29) is 0 Å². The lowest BCUT2D eigenvalue weighted by molar-refractivity contribution is 0.256. The molecule has 1 aromatic heterocycles. The molecule has 0 unspecified atom stereocenters. The predicted molar refractivity (Wildman–Crippen MR) is 120 cm³/mol. The highest BCUT2D eigenvalue weighted by molar-refractivity contribution is 5.88. The van der Waals surface area contributed by atoms with Crippen molar-refractivity contribution in [3.63, 3.8) is 0 Å². The van der Waals surface area contributed by atoms with Crippen LogP contribution < -0.4 is 10.1 Å². The van der Waals surface area contributed by atoms with Crippen molar-refractivity contribution in [1.29, 1.82) is 0 Å². The van der Waals surface area contributed by atoms with Crippen LogP contribution in [0.4, 0.5) is 5.82 Å². The zero-order valence-electron chi connectivity index (χ0n) is 17.9. The normalized spacial score (nSPS) is 18.6. The summed E-state index contributed by atoms with van der Waals surface area (Å²) in [5.74, 6) is 9.01. The van der Waals surface area contributed by atoms with E-state index in [1.54, 1.807) is 7.11 Å². The van der Waals surface area contributed by atoms with Crippen LogP contribution in [-0.4, -0.2) is 68.7 Å². The summed E-state index contributed by atoms with van der Waals surface area (Å²) < 4.78 is 5.72. The van der Waals surface area contributed by atoms with Gasteiger partial charge in [-0.2, -0.15) is 0 Å². The van der Waals surface area contributed by atoms with Crippen molar-refractivity contribution < 1.29 is 4.74 Å². The maximum absolute atomic E-state index is 5.72. The standard InChI is InChI=1S/C24H32N4O/c1-25-24-17-20(18-8-13-27(2)14-9-18)21-16-23(29-3)19(15-22(21)26-24)7-6-12-28-10-4-5-11-28/h15-18H,4-5,8-14H2,1-3H3,(H,25,26). The Labute approximate surface area is 174 Å². The number of fused-ring (bicyclic) bond motifs is 1. The number of hydrogen-bond donors (Lipinski definition) is 1. The lowest BCUT2D eigenvalue weighted by Gasteiger charge is -2.30. The molecule has 0 aliphatic carbocycles. The molecule has 0 bridgehead atoms. The highest BCUT2D eigenvalue weighted by Crippen LogP contribution is 2.36. The zero-order chi connectivity index (χ0) is 20.2. The molecule has 1 aromatic carbocycles. The number of nitrogens with zero attached hydrogens (tertiary/aromatic N) is 3. The molecule has 2 aliphatic rings. The van der Waals surface area contributed by atoms with Gasteiger partial charge in [0.1, 0.15) is 11.6 Å². The van der Waals surface area contributed by atoms with Gasteiger partial charge in [-0.25, -0.2) is 4.98 Å². The second kappa shape index (κ2) is 9.02. The van der Waals surface area contributed by atoms with Crippen LogP contribution in [0.15, 0.2) is 18.2 Å². The molecule has 2 saturated heterocycles. The number of ether oxygens (including phenoxy) is 1. The third-order valence-corrected chi connectivity index (χ3v) is 6.30. The molecule has 154 valence electrons. The molecule has 1 N–H and O–H groups in total. The topological polar surface area (TPSA) is 40.6 Å². The molecule has 0 atom stereocenters. The summed E-state index contributed by atoms with van der Waals surface area (Å²) in [6.45, 7) is 5.43. The molecule has 4 rings (SSSR count). The smallest absolute Gasteiger partial charge is 0.135 e. The second-order valence-electron chi connectivity index (χ2n) is 8.28. The number of aromatic nitrogens is 1. The lowest BCUT2D eigenvalue weighted by Crippen LogP contribution is -2.29. The molecule has 2 fully saturated rings. The largest absolute Gasteiger partial charge is 0.495 e. The average Bonchev–Trinajstić information content (AvgIpc) is 3.26. The van der Waals surface area contributed by atoms with E-state index in [2.05, 4.69) is 52.2 Å². The number of rotatable bonds is 4. The molecule has 29 heavy (non-hydrogen) atoms. The number of methoxy groups -OCH3 is 1. The van der Waals surface area contributed by atoms with Crippen molar-refractivity contribution in [2.75, 3.05) is 59.2 Å². The van der Waals surface area contributed by atoms with Crippen molar-refractivity contribution in [3.05, 3.63) is 29.3 Å². The maximum atomic E-state index is 5.72. The van der Waals surface area contributed by atoms with Gasteiger partial charge in [-0.3, -0.25) is 4.90 Å². The van der Waals surface area contributed by atoms with E-state index in [0.29, 0.717) is 5.92 Å². The van der Waals surface area contributed by atoms with Crippen LogP contribution in [0, 0.1) is 11.8 Å². The van der Waals surface area contributed by atoms with E-state index in [0.717, 1.165) is 55.4 Å². The number of nitrogens with one attached hydrogen (secondary N) is 1. The van der Waals surface area contributed by atoms with Gasteiger partial charge in [0.2, 0.25) is 0 Å². The third-order valence-electron chi connectivity index (χ3n) is 6.30. The van der Waals surface area contributed by atoms with Gasteiger partial charge >= 0.3 is 0 Å². The molecule has 0 radical (unpaired) electrons. The monoisotopic (exact) mass is 392 g/mol. The minimum atomic E-state index is 0.556. The number of likely N-dealkylation sites (tertiary alicyclic amines) is 2. The zero-order valence-corrected chi connectivity index (χ0v) is 17.9. The fraction of sp³-hybridized carbons (Fsp3) is 0.542. The van der Waals surface area contributed by atoms with E-state index >= 15 is 0 Å². The Kier molecular flexibility index (Phi) is 6.22. The van der Waals surface area contributed by atoms with E-state index in [4.69, 9.17) is 9.72 Å². The summed E-state index contributed by atoms with van der Waals surface area (Å²) in [6.07, 6.45) is 4.94. The Morgan fingerprint density at radius 3 is 2.59 bits per heavy atom.